The van der Waals surface area contributed by atoms with Gasteiger partial charge in [-0.2, -0.15) is 0 Å². The van der Waals surface area contributed by atoms with E-state index < -0.39 is 0 Å². The maximum absolute atomic E-state index is 5.21. The van der Waals surface area contributed by atoms with Crippen LogP contribution in [0.1, 0.15) is 23.3 Å². The van der Waals surface area contributed by atoms with E-state index in [9.17, 15) is 0 Å². The van der Waals surface area contributed by atoms with Crippen molar-refractivity contribution in [2.24, 2.45) is 0 Å². The first-order valence-electron chi connectivity index (χ1n) is 6.15. The van der Waals surface area contributed by atoms with E-state index in [1.54, 1.807) is 7.11 Å². The normalized spacial score (nSPS) is 12.1. The van der Waals surface area contributed by atoms with Crippen LogP contribution in [0.15, 0.2) is 54.6 Å². The molecule has 0 radical (unpaired) electrons. The summed E-state index contributed by atoms with van der Waals surface area (Å²) < 4.78 is 5.21. The molecule has 0 heterocycles. The van der Waals surface area contributed by atoms with Gasteiger partial charge >= 0.3 is 0 Å². The van der Waals surface area contributed by atoms with Crippen molar-refractivity contribution in [2.45, 2.75) is 12.2 Å². The summed E-state index contributed by atoms with van der Waals surface area (Å²) in [6, 6.07) is 19.0. The summed E-state index contributed by atoms with van der Waals surface area (Å²) in [5.74, 6) is 2.01. The summed E-state index contributed by atoms with van der Waals surface area (Å²) in [6.07, 6.45) is 0. The van der Waals surface area contributed by atoms with Crippen LogP contribution < -0.4 is 4.74 Å². The lowest BCUT2D eigenvalue weighted by Gasteiger charge is -2.17. The minimum atomic E-state index is 0.405. The average Bonchev–Trinajstić information content (AvgIpc) is 2.46. The predicted molar refractivity (Wildman–Crippen MR) is 79.4 cm³/mol. The minimum Gasteiger partial charge on any atom is -0.497 e. The van der Waals surface area contributed by atoms with Gasteiger partial charge < -0.3 is 4.74 Å². The van der Waals surface area contributed by atoms with Gasteiger partial charge in [0, 0.05) is 0 Å². The Morgan fingerprint density at radius 3 is 2.11 bits per heavy atom. The Balaban J connectivity index is 2.29. The molecule has 2 rings (SSSR count). The third kappa shape index (κ3) is 3.08. The molecule has 2 aromatic carbocycles. The fourth-order valence-electron chi connectivity index (χ4n) is 1.96. The van der Waals surface area contributed by atoms with E-state index in [0.29, 0.717) is 5.25 Å². The number of benzene rings is 2. The van der Waals surface area contributed by atoms with Crippen LogP contribution in [0.5, 0.6) is 5.75 Å². The summed E-state index contributed by atoms with van der Waals surface area (Å²) in [6.45, 7) is 2.20. The van der Waals surface area contributed by atoms with E-state index in [4.69, 9.17) is 4.74 Å². The number of thioether (sulfide) groups is 1. The zero-order valence-corrected chi connectivity index (χ0v) is 11.6. The van der Waals surface area contributed by atoms with Crippen molar-refractivity contribution >= 4 is 11.8 Å². The van der Waals surface area contributed by atoms with Gasteiger partial charge in [0.15, 0.2) is 0 Å². The van der Waals surface area contributed by atoms with E-state index in [1.165, 1.54) is 11.1 Å². The maximum atomic E-state index is 5.21. The van der Waals surface area contributed by atoms with E-state index >= 15 is 0 Å². The molecule has 0 N–H and O–H groups in total. The van der Waals surface area contributed by atoms with Crippen molar-refractivity contribution in [2.75, 3.05) is 12.9 Å². The fourth-order valence-corrected chi connectivity index (χ4v) is 2.99. The van der Waals surface area contributed by atoms with Crippen molar-refractivity contribution in [3.63, 3.8) is 0 Å². The molecule has 94 valence electrons. The third-order valence-electron chi connectivity index (χ3n) is 2.85. The Labute approximate surface area is 113 Å². The molecule has 2 heteroatoms. The second-order valence-corrected chi connectivity index (χ2v) is 5.40. The lowest BCUT2D eigenvalue weighted by molar-refractivity contribution is 0.414. The molecule has 18 heavy (non-hydrogen) atoms. The molecular formula is C16H18OS. The van der Waals surface area contributed by atoms with Crippen LogP contribution in [0.2, 0.25) is 0 Å². The molecule has 2 aromatic rings. The van der Waals surface area contributed by atoms with Gasteiger partial charge in [-0.15, -0.1) is 11.8 Å². The lowest BCUT2D eigenvalue weighted by Crippen LogP contribution is -1.97. The first-order chi connectivity index (χ1) is 8.85. The summed E-state index contributed by atoms with van der Waals surface area (Å²) in [5.41, 5.74) is 2.68. The molecule has 0 fully saturated rings. The standard InChI is InChI=1S/C16H18OS/c1-3-18-16(13-7-5-4-6-8-13)14-9-11-15(17-2)12-10-14/h4-12,16H,3H2,1-2H3/t16-/m0/s1. The number of methoxy groups -OCH3 is 1. The summed E-state index contributed by atoms with van der Waals surface area (Å²) in [4.78, 5) is 0. The van der Waals surface area contributed by atoms with Crippen LogP contribution in [0, 0.1) is 0 Å². The SMILES string of the molecule is CCS[C@@H](c1ccccc1)c1ccc(OC)cc1. The third-order valence-corrected chi connectivity index (χ3v) is 4.07. The van der Waals surface area contributed by atoms with Gasteiger partial charge in [-0.3, -0.25) is 0 Å². The highest BCUT2D eigenvalue weighted by Gasteiger charge is 2.13. The number of rotatable bonds is 5. The highest BCUT2D eigenvalue weighted by molar-refractivity contribution is 7.99. The van der Waals surface area contributed by atoms with Crippen LogP contribution in [0.3, 0.4) is 0 Å². The van der Waals surface area contributed by atoms with Crippen LogP contribution >= 0.6 is 11.8 Å². The largest absolute Gasteiger partial charge is 0.497 e. The molecule has 0 amide bonds. The maximum Gasteiger partial charge on any atom is 0.118 e. The van der Waals surface area contributed by atoms with Gasteiger partial charge in [0.05, 0.1) is 12.4 Å². The Morgan fingerprint density at radius 1 is 0.944 bits per heavy atom. The molecule has 0 bridgehead atoms. The van der Waals surface area contributed by atoms with Crippen LogP contribution in [0.4, 0.5) is 0 Å². The summed E-state index contributed by atoms with van der Waals surface area (Å²) in [5, 5.41) is 0.405. The zero-order chi connectivity index (χ0) is 12.8. The molecule has 0 spiro atoms. The lowest BCUT2D eigenvalue weighted by atomic mass is 10.0. The monoisotopic (exact) mass is 258 g/mol. The Kier molecular flexibility index (Phi) is 4.71. The highest BCUT2D eigenvalue weighted by Crippen LogP contribution is 2.35. The highest BCUT2D eigenvalue weighted by atomic mass is 32.2. The fraction of sp³-hybridized carbons (Fsp3) is 0.250. The molecule has 0 aliphatic rings. The van der Waals surface area contributed by atoms with E-state index in [-0.39, 0.29) is 0 Å². The van der Waals surface area contributed by atoms with Crippen molar-refractivity contribution in [1.82, 2.24) is 0 Å². The predicted octanol–water partition coefficient (Wildman–Crippen LogP) is 4.54. The molecule has 1 nitrogen and oxygen atoms in total. The van der Waals surface area contributed by atoms with Gasteiger partial charge in [0.25, 0.3) is 0 Å². The zero-order valence-electron chi connectivity index (χ0n) is 10.8. The Morgan fingerprint density at radius 2 is 1.56 bits per heavy atom. The molecule has 0 aliphatic heterocycles. The van der Waals surface area contributed by atoms with E-state index in [2.05, 4.69) is 49.4 Å². The van der Waals surface area contributed by atoms with Gasteiger partial charge in [0.1, 0.15) is 5.75 Å². The van der Waals surface area contributed by atoms with Gasteiger partial charge in [-0.1, -0.05) is 49.4 Å². The Hall–Kier alpha value is -1.41. The first kappa shape index (κ1) is 13.0. The number of ether oxygens (including phenoxy) is 1. The van der Waals surface area contributed by atoms with Gasteiger partial charge in [-0.25, -0.2) is 0 Å². The van der Waals surface area contributed by atoms with Crippen LogP contribution in [-0.4, -0.2) is 12.9 Å². The number of hydrogen-bond acceptors (Lipinski definition) is 2. The molecule has 0 saturated heterocycles. The van der Waals surface area contributed by atoms with Crippen molar-refractivity contribution in [1.29, 1.82) is 0 Å². The summed E-state index contributed by atoms with van der Waals surface area (Å²) >= 11 is 1.96. The number of hydrogen-bond donors (Lipinski definition) is 0. The topological polar surface area (TPSA) is 9.23 Å². The molecule has 0 saturated carbocycles. The quantitative estimate of drug-likeness (QED) is 0.778. The second-order valence-electron chi connectivity index (χ2n) is 4.02. The van der Waals surface area contributed by atoms with Crippen LogP contribution in [0.25, 0.3) is 0 Å². The first-order valence-corrected chi connectivity index (χ1v) is 7.20. The second kappa shape index (κ2) is 6.50. The summed E-state index contributed by atoms with van der Waals surface area (Å²) in [7, 11) is 1.70. The average molecular weight is 258 g/mol. The van der Waals surface area contributed by atoms with Crippen LogP contribution in [-0.2, 0) is 0 Å². The molecule has 0 aromatic heterocycles. The van der Waals surface area contributed by atoms with Crippen molar-refractivity contribution < 1.29 is 4.74 Å². The Bertz CT molecular complexity index is 464. The smallest absolute Gasteiger partial charge is 0.118 e. The molecule has 0 unspecified atom stereocenters. The van der Waals surface area contributed by atoms with Gasteiger partial charge in [-0.05, 0) is 29.0 Å². The van der Waals surface area contributed by atoms with E-state index in [0.717, 1.165) is 11.5 Å². The van der Waals surface area contributed by atoms with Crippen molar-refractivity contribution in [3.05, 3.63) is 65.7 Å². The molecular weight excluding hydrogens is 240 g/mol. The van der Waals surface area contributed by atoms with E-state index in [1.807, 2.05) is 23.9 Å². The molecule has 0 aliphatic carbocycles. The van der Waals surface area contributed by atoms with Crippen molar-refractivity contribution in [3.8, 4) is 5.75 Å². The minimum absolute atomic E-state index is 0.405. The van der Waals surface area contributed by atoms with Gasteiger partial charge in [0.2, 0.25) is 0 Å². The molecule has 1 atom stereocenters.